The van der Waals surface area contributed by atoms with Crippen molar-refractivity contribution in [3.05, 3.63) is 52.3 Å². The predicted molar refractivity (Wildman–Crippen MR) is 104 cm³/mol. The second-order valence-electron chi connectivity index (χ2n) is 5.82. The topological polar surface area (TPSA) is 78.7 Å². The Morgan fingerprint density at radius 2 is 1.96 bits per heavy atom. The molecule has 0 aliphatic rings. The van der Waals surface area contributed by atoms with Gasteiger partial charge in [-0.05, 0) is 24.3 Å². The van der Waals surface area contributed by atoms with Crippen LogP contribution in [0.4, 0.5) is 5.69 Å². The number of anilines is 1. The molecule has 0 saturated carbocycles. The summed E-state index contributed by atoms with van der Waals surface area (Å²) in [6.07, 6.45) is 1.92. The van der Waals surface area contributed by atoms with Crippen molar-refractivity contribution in [3.8, 4) is 0 Å². The van der Waals surface area contributed by atoms with Crippen LogP contribution in [0.15, 0.2) is 41.9 Å². The van der Waals surface area contributed by atoms with Gasteiger partial charge in [-0.25, -0.2) is 4.98 Å². The highest BCUT2D eigenvalue weighted by Crippen LogP contribution is 2.28. The van der Waals surface area contributed by atoms with E-state index in [4.69, 9.17) is 0 Å². The minimum atomic E-state index is -0.370. The fraction of sp³-hybridized carbons (Fsp3) is 0.118. The summed E-state index contributed by atoms with van der Waals surface area (Å²) in [4.78, 5) is 33.2. The largest absolute Gasteiger partial charge is 0.378 e. The van der Waals surface area contributed by atoms with Crippen LogP contribution in [0.25, 0.3) is 15.3 Å². The first-order chi connectivity index (χ1) is 12.5. The molecule has 0 aliphatic carbocycles. The van der Waals surface area contributed by atoms with Crippen LogP contribution in [-0.2, 0) is 0 Å². The molecule has 1 aromatic carbocycles. The number of hydrogen-bond donors (Lipinski definition) is 2. The molecule has 26 heavy (non-hydrogen) atoms. The number of amides is 2. The van der Waals surface area contributed by atoms with E-state index in [0.29, 0.717) is 10.4 Å². The van der Waals surface area contributed by atoms with E-state index in [-0.39, 0.29) is 11.8 Å². The standard InChI is InChI=1S/C17H15N5O2S2/c1-21(2)11-5-3-4-10(8-11)14(23)19-20-15(24)13-9-12-16(26-13)18-17-22(12)6-7-25-17/h3-9H,1-2H3,(H,19,23)(H,20,24). The summed E-state index contributed by atoms with van der Waals surface area (Å²) >= 11 is 2.84. The Kier molecular flexibility index (Phi) is 4.09. The smallest absolute Gasteiger partial charge is 0.279 e. The third-order valence-electron chi connectivity index (χ3n) is 3.88. The first-order valence-corrected chi connectivity index (χ1v) is 9.46. The van der Waals surface area contributed by atoms with Crippen molar-refractivity contribution in [2.24, 2.45) is 0 Å². The van der Waals surface area contributed by atoms with E-state index in [2.05, 4.69) is 15.8 Å². The number of fused-ring (bicyclic) bond motifs is 3. The molecule has 2 amide bonds. The SMILES string of the molecule is CN(C)c1cccc(C(=O)NNC(=O)c2cc3c(nc4sccn43)s2)c1. The van der Waals surface area contributed by atoms with Gasteiger partial charge in [-0.15, -0.1) is 22.7 Å². The van der Waals surface area contributed by atoms with Crippen molar-refractivity contribution in [1.82, 2.24) is 20.2 Å². The van der Waals surface area contributed by atoms with Gasteiger partial charge < -0.3 is 4.90 Å². The molecule has 0 aliphatic heterocycles. The lowest BCUT2D eigenvalue weighted by Crippen LogP contribution is -2.41. The number of thiazole rings is 1. The molecule has 3 aromatic heterocycles. The highest BCUT2D eigenvalue weighted by atomic mass is 32.1. The normalized spacial score (nSPS) is 11.0. The van der Waals surface area contributed by atoms with E-state index in [1.54, 1.807) is 35.6 Å². The van der Waals surface area contributed by atoms with E-state index in [1.165, 1.54) is 11.3 Å². The Morgan fingerprint density at radius 1 is 1.15 bits per heavy atom. The molecule has 0 spiro atoms. The van der Waals surface area contributed by atoms with Crippen LogP contribution in [0.3, 0.4) is 0 Å². The lowest BCUT2D eigenvalue weighted by molar-refractivity contribution is 0.0849. The molecule has 0 atom stereocenters. The molecule has 3 heterocycles. The molecule has 2 N–H and O–H groups in total. The quantitative estimate of drug-likeness (QED) is 0.532. The average molecular weight is 385 g/mol. The number of hydrazine groups is 1. The average Bonchev–Trinajstić information content (AvgIpc) is 3.31. The Balaban J connectivity index is 1.47. The Hall–Kier alpha value is -2.91. The zero-order valence-electron chi connectivity index (χ0n) is 14.0. The first-order valence-electron chi connectivity index (χ1n) is 7.76. The van der Waals surface area contributed by atoms with E-state index in [0.717, 1.165) is 21.0 Å². The maximum atomic E-state index is 12.3. The molecule has 9 heteroatoms. The molecule has 132 valence electrons. The number of nitrogens with zero attached hydrogens (tertiary/aromatic N) is 3. The van der Waals surface area contributed by atoms with Gasteiger partial charge in [0.15, 0.2) is 4.96 Å². The first kappa shape index (κ1) is 16.6. The van der Waals surface area contributed by atoms with Crippen molar-refractivity contribution in [1.29, 1.82) is 0 Å². The summed E-state index contributed by atoms with van der Waals surface area (Å²) in [5.41, 5.74) is 7.19. The number of carbonyl (C=O) groups excluding carboxylic acids is 2. The summed E-state index contributed by atoms with van der Waals surface area (Å²) in [5, 5.41) is 1.95. The third-order valence-corrected chi connectivity index (χ3v) is 5.65. The molecule has 0 saturated heterocycles. The number of carbonyl (C=O) groups is 2. The van der Waals surface area contributed by atoms with Gasteiger partial charge in [-0.2, -0.15) is 0 Å². The summed E-state index contributed by atoms with van der Waals surface area (Å²) in [6.45, 7) is 0. The fourth-order valence-corrected chi connectivity index (χ4v) is 4.23. The van der Waals surface area contributed by atoms with Gasteiger partial charge in [0, 0.05) is 36.9 Å². The van der Waals surface area contributed by atoms with Gasteiger partial charge in [0.1, 0.15) is 4.83 Å². The second kappa shape index (κ2) is 6.43. The minimum Gasteiger partial charge on any atom is -0.378 e. The predicted octanol–water partition coefficient (Wildman–Crippen LogP) is 2.75. The number of rotatable bonds is 3. The Morgan fingerprint density at radius 3 is 2.77 bits per heavy atom. The van der Waals surface area contributed by atoms with Crippen LogP contribution in [0.2, 0.25) is 0 Å². The van der Waals surface area contributed by atoms with Gasteiger partial charge in [-0.3, -0.25) is 24.8 Å². The molecule has 0 fully saturated rings. The maximum absolute atomic E-state index is 12.3. The van der Waals surface area contributed by atoms with Crippen LogP contribution in [0, 0.1) is 0 Å². The third kappa shape index (κ3) is 2.91. The van der Waals surface area contributed by atoms with Gasteiger partial charge in [-0.1, -0.05) is 6.07 Å². The van der Waals surface area contributed by atoms with Crippen molar-refractivity contribution in [2.45, 2.75) is 0 Å². The molecular weight excluding hydrogens is 370 g/mol. The van der Waals surface area contributed by atoms with Gasteiger partial charge in [0.05, 0.1) is 10.4 Å². The van der Waals surface area contributed by atoms with Crippen LogP contribution in [-0.4, -0.2) is 35.3 Å². The monoisotopic (exact) mass is 385 g/mol. The van der Waals surface area contributed by atoms with Gasteiger partial charge >= 0.3 is 0 Å². The number of aromatic nitrogens is 2. The molecule has 4 aromatic rings. The number of hydrogen-bond acceptors (Lipinski definition) is 6. The van der Waals surface area contributed by atoms with Gasteiger partial charge in [0.25, 0.3) is 11.8 Å². The number of imidazole rings is 1. The number of thiophene rings is 1. The zero-order valence-corrected chi connectivity index (χ0v) is 15.6. The van der Waals surface area contributed by atoms with Crippen molar-refractivity contribution < 1.29 is 9.59 Å². The van der Waals surface area contributed by atoms with E-state index in [1.807, 2.05) is 41.0 Å². The summed E-state index contributed by atoms with van der Waals surface area (Å²) in [5.74, 6) is -0.737. The maximum Gasteiger partial charge on any atom is 0.279 e. The van der Waals surface area contributed by atoms with Crippen molar-refractivity contribution >= 4 is 55.5 Å². The molecule has 0 unspecified atom stereocenters. The highest BCUT2D eigenvalue weighted by Gasteiger charge is 2.16. The van der Waals surface area contributed by atoms with Gasteiger partial charge in [0.2, 0.25) is 0 Å². The van der Waals surface area contributed by atoms with E-state index in [9.17, 15) is 9.59 Å². The highest BCUT2D eigenvalue weighted by molar-refractivity contribution is 7.21. The zero-order chi connectivity index (χ0) is 18.3. The van der Waals surface area contributed by atoms with Crippen LogP contribution < -0.4 is 15.8 Å². The Bertz CT molecular complexity index is 1120. The molecule has 7 nitrogen and oxygen atoms in total. The lowest BCUT2D eigenvalue weighted by Gasteiger charge is -2.13. The van der Waals surface area contributed by atoms with E-state index >= 15 is 0 Å². The van der Waals surface area contributed by atoms with Crippen molar-refractivity contribution in [3.63, 3.8) is 0 Å². The second-order valence-corrected chi connectivity index (χ2v) is 7.73. The van der Waals surface area contributed by atoms with Crippen molar-refractivity contribution in [2.75, 3.05) is 19.0 Å². The molecule has 0 bridgehead atoms. The molecule has 0 radical (unpaired) electrons. The molecule has 4 rings (SSSR count). The fourth-order valence-electron chi connectivity index (χ4n) is 2.53. The van der Waals surface area contributed by atoms with E-state index < -0.39 is 0 Å². The number of benzene rings is 1. The Labute approximate surface area is 156 Å². The molecular formula is C17H15N5O2S2. The lowest BCUT2D eigenvalue weighted by atomic mass is 10.2. The summed E-state index contributed by atoms with van der Waals surface area (Å²) in [7, 11) is 3.80. The minimum absolute atomic E-state index is 0.367. The summed E-state index contributed by atoms with van der Waals surface area (Å²) in [6, 6.07) is 8.94. The van der Waals surface area contributed by atoms with Crippen LogP contribution >= 0.6 is 22.7 Å². The van der Waals surface area contributed by atoms with Crippen LogP contribution in [0.1, 0.15) is 20.0 Å². The summed E-state index contributed by atoms with van der Waals surface area (Å²) < 4.78 is 1.94. The number of nitrogens with one attached hydrogen (secondary N) is 2. The van der Waals surface area contributed by atoms with Crippen LogP contribution in [0.5, 0.6) is 0 Å².